The third-order valence-corrected chi connectivity index (χ3v) is 7.26. The number of rotatable bonds is 4. The summed E-state index contributed by atoms with van der Waals surface area (Å²) in [5.41, 5.74) is 6.14. The van der Waals surface area contributed by atoms with Crippen LogP contribution >= 0.6 is 0 Å². The van der Waals surface area contributed by atoms with Gasteiger partial charge in [-0.3, -0.25) is 9.69 Å². The first-order valence-electron chi connectivity index (χ1n) is 11.5. The summed E-state index contributed by atoms with van der Waals surface area (Å²) < 4.78 is 0. The van der Waals surface area contributed by atoms with Crippen LogP contribution in [0.25, 0.3) is 10.8 Å². The fraction of sp³-hybridized carbons (Fsp3) is 0.393. The van der Waals surface area contributed by atoms with Crippen molar-refractivity contribution in [3.63, 3.8) is 0 Å². The molecule has 160 valence electrons. The molecule has 2 heterocycles. The maximum atomic E-state index is 12.2. The molecule has 5 rings (SSSR count). The Morgan fingerprint density at radius 1 is 0.935 bits per heavy atom. The van der Waals surface area contributed by atoms with E-state index >= 15 is 0 Å². The van der Waals surface area contributed by atoms with E-state index in [-0.39, 0.29) is 5.91 Å². The monoisotopic (exact) mass is 412 g/mol. The van der Waals surface area contributed by atoms with Gasteiger partial charge < -0.3 is 5.32 Å². The van der Waals surface area contributed by atoms with Crippen molar-refractivity contribution in [2.75, 3.05) is 18.4 Å². The number of nitrogens with zero attached hydrogens (tertiary/aromatic N) is 1. The summed E-state index contributed by atoms with van der Waals surface area (Å²) in [6.45, 7) is 10.6. The largest absolute Gasteiger partial charge is 0.321 e. The predicted octanol–water partition coefficient (Wildman–Crippen LogP) is 6.25. The van der Waals surface area contributed by atoms with E-state index in [0.717, 1.165) is 35.5 Å². The summed E-state index contributed by atoms with van der Waals surface area (Å²) >= 11 is 0. The van der Waals surface area contributed by atoms with Crippen molar-refractivity contribution in [1.82, 2.24) is 4.90 Å². The molecular weight excluding hydrogens is 380 g/mol. The van der Waals surface area contributed by atoms with E-state index < -0.39 is 0 Å². The SMILES string of the molecule is CC(C)(C)C1CCN(Cc2ccc(Cc3ccc4c5c(cccc35)C(=O)N4)cc2)CC1. The first-order valence-corrected chi connectivity index (χ1v) is 11.5. The second-order valence-electron chi connectivity index (χ2n) is 10.4. The highest BCUT2D eigenvalue weighted by atomic mass is 16.1. The molecule has 31 heavy (non-hydrogen) atoms. The lowest BCUT2D eigenvalue weighted by Gasteiger charge is -2.38. The summed E-state index contributed by atoms with van der Waals surface area (Å²) in [6, 6.07) is 19.3. The van der Waals surface area contributed by atoms with Gasteiger partial charge in [0.15, 0.2) is 0 Å². The number of carbonyl (C=O) groups excluding carboxylic acids is 1. The van der Waals surface area contributed by atoms with Crippen molar-refractivity contribution in [3.8, 4) is 0 Å². The van der Waals surface area contributed by atoms with Crippen LogP contribution in [0.1, 0.15) is 60.7 Å². The molecule has 0 bridgehead atoms. The van der Waals surface area contributed by atoms with Crippen molar-refractivity contribution in [1.29, 1.82) is 0 Å². The molecule has 0 unspecified atom stereocenters. The van der Waals surface area contributed by atoms with Crippen LogP contribution in [0, 0.1) is 11.3 Å². The minimum Gasteiger partial charge on any atom is -0.321 e. The van der Waals surface area contributed by atoms with Gasteiger partial charge in [-0.25, -0.2) is 0 Å². The molecule has 0 aliphatic carbocycles. The summed E-state index contributed by atoms with van der Waals surface area (Å²) in [4.78, 5) is 14.8. The highest BCUT2D eigenvalue weighted by Crippen LogP contribution is 2.36. The molecule has 0 saturated carbocycles. The quantitative estimate of drug-likeness (QED) is 0.549. The number of likely N-dealkylation sites (tertiary alicyclic amines) is 1. The number of benzene rings is 3. The van der Waals surface area contributed by atoms with Crippen LogP contribution in [0.2, 0.25) is 0 Å². The molecule has 0 atom stereocenters. The van der Waals surface area contributed by atoms with Crippen molar-refractivity contribution >= 4 is 22.4 Å². The van der Waals surface area contributed by atoms with Crippen LogP contribution in [-0.4, -0.2) is 23.9 Å². The predicted molar refractivity (Wildman–Crippen MR) is 129 cm³/mol. The Morgan fingerprint density at radius 3 is 2.35 bits per heavy atom. The van der Waals surface area contributed by atoms with E-state index in [1.165, 1.54) is 48.0 Å². The number of carbonyl (C=O) groups is 1. The molecule has 1 fully saturated rings. The standard InChI is InChI=1S/C28H32N2O/c1-28(2,3)22-13-15-30(16-14-22)18-20-9-7-19(8-10-20)17-21-11-12-25-26-23(21)5-4-6-24(26)27(31)29-25/h4-12,22H,13-18H2,1-3H3,(H,29,31). The molecule has 3 aromatic carbocycles. The zero-order chi connectivity index (χ0) is 21.6. The van der Waals surface area contributed by atoms with Gasteiger partial charge in [0.2, 0.25) is 0 Å². The normalized spacial score (nSPS) is 17.3. The Morgan fingerprint density at radius 2 is 1.65 bits per heavy atom. The number of nitrogens with one attached hydrogen (secondary N) is 1. The van der Waals surface area contributed by atoms with Gasteiger partial charge in [0.25, 0.3) is 5.91 Å². The molecule has 1 N–H and O–H groups in total. The first-order chi connectivity index (χ1) is 14.9. The van der Waals surface area contributed by atoms with E-state index in [1.54, 1.807) is 0 Å². The molecule has 1 saturated heterocycles. The topological polar surface area (TPSA) is 32.3 Å². The van der Waals surface area contributed by atoms with Gasteiger partial charge in [-0.05, 0) is 77.9 Å². The maximum Gasteiger partial charge on any atom is 0.256 e. The molecule has 0 radical (unpaired) electrons. The van der Waals surface area contributed by atoms with Crippen molar-refractivity contribution in [2.45, 2.75) is 46.6 Å². The smallest absolute Gasteiger partial charge is 0.256 e. The molecule has 0 aromatic heterocycles. The lowest BCUT2D eigenvalue weighted by atomic mass is 9.75. The Hall–Kier alpha value is -2.65. The maximum absolute atomic E-state index is 12.2. The molecule has 3 aromatic rings. The summed E-state index contributed by atoms with van der Waals surface area (Å²) in [7, 11) is 0. The van der Waals surface area contributed by atoms with Gasteiger partial charge in [-0.2, -0.15) is 0 Å². The summed E-state index contributed by atoms with van der Waals surface area (Å²) in [5.74, 6) is 0.850. The third kappa shape index (κ3) is 3.99. The second-order valence-corrected chi connectivity index (χ2v) is 10.4. The van der Waals surface area contributed by atoms with Gasteiger partial charge in [-0.15, -0.1) is 0 Å². The van der Waals surface area contributed by atoms with Crippen molar-refractivity contribution in [3.05, 3.63) is 76.9 Å². The highest BCUT2D eigenvalue weighted by molar-refractivity contribution is 6.24. The lowest BCUT2D eigenvalue weighted by Crippen LogP contribution is -2.37. The average molecular weight is 413 g/mol. The number of hydrogen-bond donors (Lipinski definition) is 1. The van der Waals surface area contributed by atoms with E-state index in [2.05, 4.69) is 67.4 Å². The molecule has 2 aliphatic rings. The van der Waals surface area contributed by atoms with Crippen LogP contribution in [0.3, 0.4) is 0 Å². The van der Waals surface area contributed by atoms with Crippen LogP contribution in [0.15, 0.2) is 54.6 Å². The highest BCUT2D eigenvalue weighted by Gasteiger charge is 2.28. The molecule has 2 aliphatic heterocycles. The van der Waals surface area contributed by atoms with E-state index in [4.69, 9.17) is 0 Å². The zero-order valence-corrected chi connectivity index (χ0v) is 18.9. The molecule has 3 heteroatoms. The summed E-state index contributed by atoms with van der Waals surface area (Å²) in [5, 5.41) is 5.22. The Bertz CT molecular complexity index is 1120. The number of piperidine rings is 1. The van der Waals surface area contributed by atoms with Gasteiger partial charge >= 0.3 is 0 Å². The Balaban J connectivity index is 1.27. The van der Waals surface area contributed by atoms with E-state index in [9.17, 15) is 4.79 Å². The van der Waals surface area contributed by atoms with Gasteiger partial charge in [0, 0.05) is 23.2 Å². The molecular formula is C28H32N2O. The fourth-order valence-electron chi connectivity index (χ4n) is 5.30. The van der Waals surface area contributed by atoms with E-state index in [1.807, 2.05) is 18.2 Å². The van der Waals surface area contributed by atoms with E-state index in [0.29, 0.717) is 5.41 Å². The molecule has 1 amide bonds. The Labute approximate surface area is 185 Å². The zero-order valence-electron chi connectivity index (χ0n) is 18.9. The fourth-order valence-corrected chi connectivity index (χ4v) is 5.30. The van der Waals surface area contributed by atoms with Gasteiger partial charge in [0.1, 0.15) is 0 Å². The number of anilines is 1. The van der Waals surface area contributed by atoms with Crippen LogP contribution in [0.5, 0.6) is 0 Å². The lowest BCUT2D eigenvalue weighted by molar-refractivity contribution is 0.103. The van der Waals surface area contributed by atoms with Crippen LogP contribution in [-0.2, 0) is 13.0 Å². The second kappa shape index (κ2) is 7.80. The van der Waals surface area contributed by atoms with Crippen molar-refractivity contribution < 1.29 is 4.79 Å². The number of hydrogen-bond acceptors (Lipinski definition) is 2. The average Bonchev–Trinajstić information content (AvgIpc) is 3.08. The minimum atomic E-state index is 0.00800. The number of amides is 1. The molecule has 0 spiro atoms. The van der Waals surface area contributed by atoms with Crippen LogP contribution in [0.4, 0.5) is 5.69 Å². The van der Waals surface area contributed by atoms with Gasteiger partial charge in [0.05, 0.1) is 0 Å². The Kier molecular flexibility index (Phi) is 5.10. The molecule has 3 nitrogen and oxygen atoms in total. The first kappa shape index (κ1) is 20.3. The van der Waals surface area contributed by atoms with Gasteiger partial charge in [-0.1, -0.05) is 63.2 Å². The van der Waals surface area contributed by atoms with Crippen LogP contribution < -0.4 is 5.32 Å². The third-order valence-electron chi connectivity index (χ3n) is 7.26. The van der Waals surface area contributed by atoms with Crippen molar-refractivity contribution in [2.24, 2.45) is 11.3 Å². The minimum absolute atomic E-state index is 0.00800. The summed E-state index contributed by atoms with van der Waals surface area (Å²) in [6.07, 6.45) is 3.50.